The van der Waals surface area contributed by atoms with Crippen LogP contribution in [0.4, 0.5) is 0 Å². The number of nitrogens with two attached hydrogens (primary N) is 1. The summed E-state index contributed by atoms with van der Waals surface area (Å²) in [5.41, 5.74) is 7.38. The van der Waals surface area contributed by atoms with E-state index in [1.807, 2.05) is 32.0 Å². The van der Waals surface area contributed by atoms with E-state index in [-0.39, 0.29) is 5.92 Å². The number of aromatic nitrogens is 2. The highest BCUT2D eigenvalue weighted by Crippen LogP contribution is 2.23. The highest BCUT2D eigenvalue weighted by Gasteiger charge is 2.12. The maximum Gasteiger partial charge on any atom is 0.152 e. The first-order valence-corrected chi connectivity index (χ1v) is 6.22. The quantitative estimate of drug-likeness (QED) is 0.899. The Bertz CT molecular complexity index is 534. The van der Waals surface area contributed by atoms with Crippen LogP contribution in [0.2, 0.25) is 0 Å². The summed E-state index contributed by atoms with van der Waals surface area (Å²) in [7, 11) is 0. The summed E-state index contributed by atoms with van der Waals surface area (Å²) in [4.78, 5) is 9.05. The number of rotatable bonds is 4. The van der Waals surface area contributed by atoms with Crippen molar-refractivity contribution in [3.05, 3.63) is 35.5 Å². The van der Waals surface area contributed by atoms with E-state index >= 15 is 0 Å². The van der Waals surface area contributed by atoms with E-state index in [2.05, 4.69) is 16.9 Å². The molecule has 2 heterocycles. The number of hydrogen-bond acceptors (Lipinski definition) is 4. The van der Waals surface area contributed by atoms with Gasteiger partial charge in [-0.05, 0) is 45.0 Å². The Morgan fingerprint density at radius 2 is 2.06 bits per heavy atom. The Morgan fingerprint density at radius 1 is 1.28 bits per heavy atom. The Labute approximate surface area is 107 Å². The molecule has 2 aromatic rings. The first-order chi connectivity index (χ1) is 8.60. The Balaban J connectivity index is 2.37. The molecule has 4 heteroatoms. The van der Waals surface area contributed by atoms with Crippen LogP contribution in [0.1, 0.15) is 36.5 Å². The minimum atomic E-state index is 0.268. The third-order valence-corrected chi connectivity index (χ3v) is 2.90. The van der Waals surface area contributed by atoms with Crippen LogP contribution in [0.25, 0.3) is 11.5 Å². The van der Waals surface area contributed by atoms with Crippen LogP contribution in [-0.4, -0.2) is 16.5 Å². The van der Waals surface area contributed by atoms with Gasteiger partial charge in [0.05, 0.1) is 0 Å². The predicted octanol–water partition coefficient (Wildman–Crippen LogP) is 2.81. The highest BCUT2D eigenvalue weighted by molar-refractivity contribution is 5.52. The molecule has 0 radical (unpaired) electrons. The second-order valence-electron chi connectivity index (χ2n) is 4.64. The normalized spacial score (nSPS) is 12.7. The SMILES string of the molecule is Cc1cc(-c2ccc(C)o2)nc(C(C)CCN)n1. The predicted molar refractivity (Wildman–Crippen MR) is 71.3 cm³/mol. The summed E-state index contributed by atoms with van der Waals surface area (Å²) < 4.78 is 5.60. The molecular weight excluding hydrogens is 226 g/mol. The van der Waals surface area contributed by atoms with Crippen molar-refractivity contribution in [2.75, 3.05) is 6.54 Å². The van der Waals surface area contributed by atoms with Crippen LogP contribution in [0.15, 0.2) is 22.6 Å². The number of nitrogens with zero attached hydrogens (tertiary/aromatic N) is 2. The lowest BCUT2D eigenvalue weighted by Crippen LogP contribution is -2.09. The van der Waals surface area contributed by atoms with Crippen molar-refractivity contribution in [2.24, 2.45) is 5.73 Å². The van der Waals surface area contributed by atoms with Crippen molar-refractivity contribution >= 4 is 0 Å². The van der Waals surface area contributed by atoms with E-state index in [1.54, 1.807) is 0 Å². The van der Waals surface area contributed by atoms with E-state index in [4.69, 9.17) is 10.2 Å². The smallest absolute Gasteiger partial charge is 0.152 e. The molecule has 1 atom stereocenters. The zero-order valence-electron chi connectivity index (χ0n) is 11.1. The summed E-state index contributed by atoms with van der Waals surface area (Å²) >= 11 is 0. The van der Waals surface area contributed by atoms with Crippen molar-refractivity contribution < 1.29 is 4.42 Å². The average Bonchev–Trinajstić information content (AvgIpc) is 2.75. The fourth-order valence-electron chi connectivity index (χ4n) is 1.89. The van der Waals surface area contributed by atoms with E-state index in [1.165, 1.54) is 0 Å². The minimum Gasteiger partial charge on any atom is -0.460 e. The van der Waals surface area contributed by atoms with Crippen molar-refractivity contribution in [2.45, 2.75) is 33.1 Å². The fraction of sp³-hybridized carbons (Fsp3) is 0.429. The zero-order chi connectivity index (χ0) is 13.1. The van der Waals surface area contributed by atoms with Gasteiger partial charge in [0.15, 0.2) is 5.76 Å². The summed E-state index contributed by atoms with van der Waals surface area (Å²) in [5, 5.41) is 0. The van der Waals surface area contributed by atoms with Gasteiger partial charge in [-0.3, -0.25) is 0 Å². The largest absolute Gasteiger partial charge is 0.460 e. The Hall–Kier alpha value is -1.68. The lowest BCUT2D eigenvalue weighted by atomic mass is 10.1. The number of furan rings is 1. The van der Waals surface area contributed by atoms with Crippen LogP contribution >= 0.6 is 0 Å². The second-order valence-corrected chi connectivity index (χ2v) is 4.64. The third kappa shape index (κ3) is 2.76. The Morgan fingerprint density at radius 3 is 2.67 bits per heavy atom. The van der Waals surface area contributed by atoms with Crippen LogP contribution in [-0.2, 0) is 0 Å². The highest BCUT2D eigenvalue weighted by atomic mass is 16.3. The monoisotopic (exact) mass is 245 g/mol. The molecule has 1 unspecified atom stereocenters. The second kappa shape index (κ2) is 5.31. The summed E-state index contributed by atoms with van der Waals surface area (Å²) in [5.74, 6) is 2.78. The molecule has 18 heavy (non-hydrogen) atoms. The van der Waals surface area contributed by atoms with Gasteiger partial charge in [0, 0.05) is 11.6 Å². The first-order valence-electron chi connectivity index (χ1n) is 6.22. The summed E-state index contributed by atoms with van der Waals surface area (Å²) in [6, 6.07) is 5.82. The van der Waals surface area contributed by atoms with Crippen molar-refractivity contribution in [3.8, 4) is 11.5 Å². The van der Waals surface area contributed by atoms with Crippen molar-refractivity contribution in [1.82, 2.24) is 9.97 Å². The molecule has 2 N–H and O–H groups in total. The lowest BCUT2D eigenvalue weighted by molar-refractivity contribution is 0.544. The first kappa shape index (κ1) is 12.8. The Kier molecular flexibility index (Phi) is 3.77. The minimum absolute atomic E-state index is 0.268. The van der Waals surface area contributed by atoms with Crippen LogP contribution < -0.4 is 5.73 Å². The molecule has 0 saturated heterocycles. The van der Waals surface area contributed by atoms with Crippen LogP contribution in [0.5, 0.6) is 0 Å². The van der Waals surface area contributed by atoms with Gasteiger partial charge in [0.1, 0.15) is 17.3 Å². The molecule has 96 valence electrons. The van der Waals surface area contributed by atoms with Gasteiger partial charge in [-0.1, -0.05) is 6.92 Å². The fourth-order valence-corrected chi connectivity index (χ4v) is 1.89. The molecule has 0 amide bonds. The van der Waals surface area contributed by atoms with E-state index < -0.39 is 0 Å². The molecule has 2 rings (SSSR count). The van der Waals surface area contributed by atoms with Crippen LogP contribution in [0.3, 0.4) is 0 Å². The third-order valence-electron chi connectivity index (χ3n) is 2.90. The summed E-state index contributed by atoms with van der Waals surface area (Å²) in [6.45, 7) is 6.64. The lowest BCUT2D eigenvalue weighted by Gasteiger charge is -2.10. The maximum absolute atomic E-state index is 5.60. The zero-order valence-corrected chi connectivity index (χ0v) is 11.1. The number of aryl methyl sites for hydroxylation is 2. The molecule has 0 aliphatic heterocycles. The van der Waals surface area contributed by atoms with Gasteiger partial charge < -0.3 is 10.2 Å². The molecule has 0 aromatic carbocycles. The molecule has 0 saturated carbocycles. The maximum atomic E-state index is 5.60. The molecule has 0 bridgehead atoms. The molecule has 0 spiro atoms. The molecular formula is C14H19N3O. The van der Waals surface area contributed by atoms with Gasteiger partial charge in [-0.25, -0.2) is 9.97 Å². The van der Waals surface area contributed by atoms with Gasteiger partial charge in [-0.2, -0.15) is 0 Å². The standard InChI is InChI=1S/C14H19N3O/c1-9(6-7-15)14-16-10(2)8-12(17-14)13-5-4-11(3)18-13/h4-5,8-9H,6-7,15H2,1-3H3. The van der Waals surface area contributed by atoms with Crippen molar-refractivity contribution in [1.29, 1.82) is 0 Å². The topological polar surface area (TPSA) is 64.9 Å². The van der Waals surface area contributed by atoms with Gasteiger partial charge in [-0.15, -0.1) is 0 Å². The molecule has 4 nitrogen and oxygen atoms in total. The van der Waals surface area contributed by atoms with Gasteiger partial charge in [0.25, 0.3) is 0 Å². The van der Waals surface area contributed by atoms with Gasteiger partial charge >= 0.3 is 0 Å². The van der Waals surface area contributed by atoms with E-state index in [0.717, 1.165) is 35.2 Å². The number of hydrogen-bond donors (Lipinski definition) is 1. The van der Waals surface area contributed by atoms with E-state index in [0.29, 0.717) is 6.54 Å². The van der Waals surface area contributed by atoms with E-state index in [9.17, 15) is 0 Å². The van der Waals surface area contributed by atoms with Gasteiger partial charge in [0.2, 0.25) is 0 Å². The molecule has 0 fully saturated rings. The van der Waals surface area contributed by atoms with Crippen LogP contribution in [0, 0.1) is 13.8 Å². The average molecular weight is 245 g/mol. The van der Waals surface area contributed by atoms with Crippen molar-refractivity contribution in [3.63, 3.8) is 0 Å². The molecule has 0 aliphatic rings. The molecule has 0 aliphatic carbocycles. The summed E-state index contributed by atoms with van der Waals surface area (Å²) in [6.07, 6.45) is 0.889. The molecule has 2 aromatic heterocycles.